The van der Waals surface area contributed by atoms with Crippen LogP contribution in [0.5, 0.6) is 0 Å². The van der Waals surface area contributed by atoms with Crippen LogP contribution < -0.4 is 0 Å². The molecular formula is C76H128O6. The average Bonchev–Trinajstić information content (AvgIpc) is 3.47. The van der Waals surface area contributed by atoms with E-state index in [9.17, 15) is 14.4 Å². The van der Waals surface area contributed by atoms with Crippen LogP contribution in [-0.4, -0.2) is 37.2 Å². The summed E-state index contributed by atoms with van der Waals surface area (Å²) in [5, 5.41) is 0. The number of ether oxygens (including phenoxy) is 3. The van der Waals surface area contributed by atoms with E-state index in [2.05, 4.69) is 142 Å². The van der Waals surface area contributed by atoms with Gasteiger partial charge in [0.15, 0.2) is 6.10 Å². The highest BCUT2D eigenvalue weighted by Crippen LogP contribution is 2.17. The lowest BCUT2D eigenvalue weighted by Gasteiger charge is -2.18. The first-order valence-corrected chi connectivity index (χ1v) is 34.5. The minimum Gasteiger partial charge on any atom is -0.462 e. The third-order valence-electron chi connectivity index (χ3n) is 14.7. The molecule has 0 aromatic rings. The average molecular weight is 1140 g/mol. The molecule has 82 heavy (non-hydrogen) atoms. The second kappa shape index (κ2) is 69.3. The van der Waals surface area contributed by atoms with Gasteiger partial charge in [0, 0.05) is 19.3 Å². The molecule has 0 aliphatic carbocycles. The van der Waals surface area contributed by atoms with Gasteiger partial charge in [0.05, 0.1) is 0 Å². The predicted molar refractivity (Wildman–Crippen MR) is 357 cm³/mol. The lowest BCUT2D eigenvalue weighted by molar-refractivity contribution is -0.167. The number of allylic oxidation sites excluding steroid dienone is 20. The fourth-order valence-corrected chi connectivity index (χ4v) is 9.59. The maximum atomic E-state index is 12.9. The normalized spacial score (nSPS) is 12.9. The number of carbonyl (C=O) groups is 3. The highest BCUT2D eigenvalue weighted by atomic mass is 16.6. The summed E-state index contributed by atoms with van der Waals surface area (Å²) >= 11 is 0. The van der Waals surface area contributed by atoms with Crippen molar-refractivity contribution in [2.45, 2.75) is 329 Å². The van der Waals surface area contributed by atoms with E-state index >= 15 is 0 Å². The third kappa shape index (κ3) is 66.6. The Morgan fingerprint density at radius 3 is 0.744 bits per heavy atom. The summed E-state index contributed by atoms with van der Waals surface area (Å²) in [7, 11) is 0. The largest absolute Gasteiger partial charge is 0.462 e. The van der Waals surface area contributed by atoms with Crippen molar-refractivity contribution in [3.63, 3.8) is 0 Å². The summed E-state index contributed by atoms with van der Waals surface area (Å²) < 4.78 is 16.9. The Hall–Kier alpha value is -4.19. The number of unbranched alkanes of at least 4 members (excludes halogenated alkanes) is 31. The van der Waals surface area contributed by atoms with E-state index in [1.165, 1.54) is 161 Å². The van der Waals surface area contributed by atoms with Crippen molar-refractivity contribution in [2.75, 3.05) is 13.2 Å². The first-order valence-electron chi connectivity index (χ1n) is 34.5. The van der Waals surface area contributed by atoms with Crippen LogP contribution in [0.2, 0.25) is 0 Å². The zero-order valence-electron chi connectivity index (χ0n) is 53.7. The minimum absolute atomic E-state index is 0.0888. The van der Waals surface area contributed by atoms with Gasteiger partial charge in [-0.1, -0.05) is 328 Å². The number of rotatable bonds is 62. The Morgan fingerprint density at radius 1 is 0.256 bits per heavy atom. The van der Waals surface area contributed by atoms with Crippen molar-refractivity contribution >= 4 is 17.9 Å². The summed E-state index contributed by atoms with van der Waals surface area (Å²) in [4.78, 5) is 38.3. The van der Waals surface area contributed by atoms with Crippen molar-refractivity contribution in [3.8, 4) is 0 Å². The van der Waals surface area contributed by atoms with Gasteiger partial charge in [-0.15, -0.1) is 0 Å². The molecule has 0 N–H and O–H groups in total. The van der Waals surface area contributed by atoms with Crippen LogP contribution in [-0.2, 0) is 28.6 Å². The van der Waals surface area contributed by atoms with E-state index in [0.29, 0.717) is 19.3 Å². The summed E-state index contributed by atoms with van der Waals surface area (Å²) in [6, 6.07) is 0. The maximum Gasteiger partial charge on any atom is 0.306 e. The molecule has 0 radical (unpaired) electrons. The number of carbonyl (C=O) groups excluding carboxylic acids is 3. The van der Waals surface area contributed by atoms with E-state index < -0.39 is 6.10 Å². The molecule has 0 rings (SSSR count). The van der Waals surface area contributed by atoms with Crippen LogP contribution in [0.25, 0.3) is 0 Å². The molecule has 0 spiro atoms. The van der Waals surface area contributed by atoms with Crippen LogP contribution in [0.1, 0.15) is 323 Å². The monoisotopic (exact) mass is 1140 g/mol. The number of esters is 3. The molecule has 0 heterocycles. The molecule has 0 bridgehead atoms. The maximum absolute atomic E-state index is 12.9. The van der Waals surface area contributed by atoms with Gasteiger partial charge in [-0.3, -0.25) is 14.4 Å². The van der Waals surface area contributed by atoms with E-state index in [4.69, 9.17) is 14.2 Å². The van der Waals surface area contributed by atoms with Crippen LogP contribution in [0.15, 0.2) is 122 Å². The molecule has 6 nitrogen and oxygen atoms in total. The molecule has 0 amide bonds. The van der Waals surface area contributed by atoms with E-state index in [1.54, 1.807) is 0 Å². The third-order valence-corrected chi connectivity index (χ3v) is 14.7. The van der Waals surface area contributed by atoms with Gasteiger partial charge in [-0.05, 0) is 96.3 Å². The summed E-state index contributed by atoms with van der Waals surface area (Å²) in [6.07, 6.45) is 96.5. The molecule has 0 saturated carbocycles. The highest BCUT2D eigenvalue weighted by Gasteiger charge is 2.19. The van der Waals surface area contributed by atoms with E-state index in [-0.39, 0.29) is 31.1 Å². The Bertz CT molecular complexity index is 1690. The SMILES string of the molecule is CC/C=C\C/C=C\C/C=C\C/C=C\C/C=C\C/C=C\C/C=C\C/C=C\C/C=C\C/C=C\CCCCC(=O)OCC(COC(=O)CCCCCCCCCCCCCC)OC(=O)CCCCCCCCCCCCCCCCCCCCC. The molecule has 1 unspecified atom stereocenters. The smallest absolute Gasteiger partial charge is 0.306 e. The first kappa shape index (κ1) is 77.8. The second-order valence-corrected chi connectivity index (χ2v) is 22.7. The van der Waals surface area contributed by atoms with Gasteiger partial charge in [0.1, 0.15) is 13.2 Å². The molecule has 0 aromatic carbocycles. The van der Waals surface area contributed by atoms with Crippen molar-refractivity contribution in [1.29, 1.82) is 0 Å². The van der Waals surface area contributed by atoms with Gasteiger partial charge < -0.3 is 14.2 Å². The molecule has 1 atom stereocenters. The molecule has 0 aliphatic heterocycles. The van der Waals surface area contributed by atoms with Crippen LogP contribution in [0.4, 0.5) is 0 Å². The van der Waals surface area contributed by atoms with Crippen molar-refractivity contribution in [3.05, 3.63) is 122 Å². The minimum atomic E-state index is -0.796. The Balaban J connectivity index is 4.35. The number of hydrogen-bond acceptors (Lipinski definition) is 6. The lowest BCUT2D eigenvalue weighted by atomic mass is 10.0. The highest BCUT2D eigenvalue weighted by molar-refractivity contribution is 5.71. The zero-order valence-corrected chi connectivity index (χ0v) is 53.7. The second-order valence-electron chi connectivity index (χ2n) is 22.7. The van der Waals surface area contributed by atoms with Gasteiger partial charge in [-0.2, -0.15) is 0 Å². The molecule has 6 heteroatoms. The molecule has 0 aliphatic rings. The van der Waals surface area contributed by atoms with Gasteiger partial charge >= 0.3 is 17.9 Å². The lowest BCUT2D eigenvalue weighted by Crippen LogP contribution is -2.30. The standard InChI is InChI=1S/C76H128O6/c1-4-7-10-13-16-19-22-25-27-29-31-32-33-34-35-36-37-38-39-40-41-42-43-44-46-47-49-51-54-57-60-63-66-69-75(78)81-72-73(71-80-74(77)68-65-62-59-56-53-24-21-18-15-12-9-6-3)82-76(79)70-67-64-61-58-55-52-50-48-45-30-28-26-23-20-17-14-11-8-5-2/h7,10,16,19,25,27,31-32,34-35,37-38,40-41,43-44,47,49,54,57,73H,4-6,8-9,11-15,17-18,20-24,26,28-30,33,36,39,42,45-46,48,50-53,55-56,58-72H2,1-3H3/b10-7-,19-16-,27-25-,32-31-,35-34-,38-37-,41-40-,44-43-,49-47-,57-54-. The van der Waals surface area contributed by atoms with Crippen molar-refractivity contribution < 1.29 is 28.6 Å². The fourth-order valence-electron chi connectivity index (χ4n) is 9.59. The van der Waals surface area contributed by atoms with Gasteiger partial charge in [-0.25, -0.2) is 0 Å². The van der Waals surface area contributed by atoms with Crippen LogP contribution in [0.3, 0.4) is 0 Å². The molecule has 0 aromatic heterocycles. The fraction of sp³-hybridized carbons (Fsp3) is 0.697. The van der Waals surface area contributed by atoms with Crippen molar-refractivity contribution in [2.24, 2.45) is 0 Å². The van der Waals surface area contributed by atoms with Gasteiger partial charge in [0.2, 0.25) is 0 Å². The van der Waals surface area contributed by atoms with E-state index in [0.717, 1.165) is 122 Å². The number of hydrogen-bond donors (Lipinski definition) is 0. The zero-order chi connectivity index (χ0) is 59.2. The Morgan fingerprint density at radius 2 is 0.476 bits per heavy atom. The van der Waals surface area contributed by atoms with Crippen molar-refractivity contribution in [1.82, 2.24) is 0 Å². The predicted octanol–water partition coefficient (Wildman–Crippen LogP) is 23.9. The van der Waals surface area contributed by atoms with Gasteiger partial charge in [0.25, 0.3) is 0 Å². The first-order chi connectivity index (χ1) is 40.5. The molecule has 0 saturated heterocycles. The summed E-state index contributed by atoms with van der Waals surface area (Å²) in [5.74, 6) is -0.923. The molecule has 0 fully saturated rings. The quantitative estimate of drug-likeness (QED) is 0.0261. The summed E-state index contributed by atoms with van der Waals surface area (Å²) in [6.45, 7) is 6.52. The van der Waals surface area contributed by atoms with Crippen LogP contribution in [0, 0.1) is 0 Å². The summed E-state index contributed by atoms with van der Waals surface area (Å²) in [5.41, 5.74) is 0. The van der Waals surface area contributed by atoms with E-state index in [1.807, 2.05) is 0 Å². The molecular weight excluding hydrogens is 1010 g/mol. The topological polar surface area (TPSA) is 78.9 Å². The Kier molecular flexibility index (Phi) is 65.8. The molecule has 468 valence electrons. The van der Waals surface area contributed by atoms with Crippen LogP contribution >= 0.6 is 0 Å². The Labute approximate surface area is 507 Å².